The number of hydrogen-bond donors (Lipinski definition) is 0. The van der Waals surface area contributed by atoms with Crippen LogP contribution in [-0.2, 0) is 0 Å². The van der Waals surface area contributed by atoms with Gasteiger partial charge in [0.2, 0.25) is 0 Å². The van der Waals surface area contributed by atoms with Crippen LogP contribution < -0.4 is 5.46 Å². The molecule has 2 nitrogen and oxygen atoms in total. The van der Waals surface area contributed by atoms with Crippen molar-refractivity contribution in [1.82, 2.24) is 4.98 Å². The van der Waals surface area contributed by atoms with Crippen molar-refractivity contribution in [2.75, 3.05) is 0 Å². The van der Waals surface area contributed by atoms with Crippen LogP contribution in [0.4, 0.5) is 0 Å². The average molecular weight is 171 g/mol. The number of fused-ring (bicyclic) bond motifs is 1. The van der Waals surface area contributed by atoms with Gasteiger partial charge in [-0.15, -0.1) is 0 Å². The summed E-state index contributed by atoms with van der Waals surface area (Å²) in [6.07, 6.45) is 0. The van der Waals surface area contributed by atoms with Gasteiger partial charge in [0.05, 0.1) is 0 Å². The minimum atomic E-state index is 0.314. The molecule has 0 unspecified atom stereocenters. The van der Waals surface area contributed by atoms with E-state index in [2.05, 4.69) is 4.98 Å². The fraction of sp³-hybridized carbons (Fsp3) is 0.300. The lowest BCUT2D eigenvalue weighted by molar-refractivity contribution is 0.501. The Balaban J connectivity index is 2.62. The third-order valence-corrected chi connectivity index (χ3v) is 1.92. The number of benzene rings is 1. The molecule has 64 valence electrons. The highest BCUT2D eigenvalue weighted by Gasteiger charge is 2.08. The van der Waals surface area contributed by atoms with Crippen LogP contribution in [0.3, 0.4) is 0 Å². The standard InChI is InChI=1S/C10H10BNO/c1-6(2)10-12-8-5-7(11)3-4-9(8)13-10/h3-6H,1-2H3. The fourth-order valence-electron chi connectivity index (χ4n) is 1.21. The lowest BCUT2D eigenvalue weighted by Crippen LogP contribution is -1.99. The number of nitrogens with zero attached hydrogens (tertiary/aromatic N) is 1. The van der Waals surface area contributed by atoms with Crippen LogP contribution in [0, 0.1) is 0 Å². The lowest BCUT2D eigenvalue weighted by atomic mass is 9.96. The summed E-state index contributed by atoms with van der Waals surface area (Å²) in [5, 5.41) is 0. The van der Waals surface area contributed by atoms with Crippen molar-refractivity contribution in [2.24, 2.45) is 0 Å². The van der Waals surface area contributed by atoms with Crippen LogP contribution in [0.25, 0.3) is 11.1 Å². The van der Waals surface area contributed by atoms with Crippen molar-refractivity contribution in [2.45, 2.75) is 19.8 Å². The van der Waals surface area contributed by atoms with Crippen LogP contribution in [-0.4, -0.2) is 12.8 Å². The van der Waals surface area contributed by atoms with Crippen molar-refractivity contribution in [3.05, 3.63) is 24.1 Å². The quantitative estimate of drug-likeness (QED) is 0.610. The molecule has 2 radical (unpaired) electrons. The molecule has 0 spiro atoms. The Morgan fingerprint density at radius 2 is 2.15 bits per heavy atom. The highest BCUT2D eigenvalue weighted by Crippen LogP contribution is 2.19. The van der Waals surface area contributed by atoms with Gasteiger partial charge >= 0.3 is 0 Å². The van der Waals surface area contributed by atoms with Crippen LogP contribution >= 0.6 is 0 Å². The first-order valence-corrected chi connectivity index (χ1v) is 4.33. The molecule has 1 heterocycles. The van der Waals surface area contributed by atoms with E-state index in [1.165, 1.54) is 0 Å². The number of hydrogen-bond acceptors (Lipinski definition) is 2. The van der Waals surface area contributed by atoms with Crippen molar-refractivity contribution in [3.63, 3.8) is 0 Å². The Labute approximate surface area is 78.4 Å². The normalized spacial score (nSPS) is 11.3. The zero-order chi connectivity index (χ0) is 9.42. The second-order valence-electron chi connectivity index (χ2n) is 3.43. The van der Waals surface area contributed by atoms with E-state index in [0.717, 1.165) is 22.5 Å². The van der Waals surface area contributed by atoms with Crippen molar-refractivity contribution in [1.29, 1.82) is 0 Å². The molecule has 0 saturated carbocycles. The van der Waals surface area contributed by atoms with Crippen LogP contribution in [0.5, 0.6) is 0 Å². The van der Waals surface area contributed by atoms with E-state index < -0.39 is 0 Å². The first-order valence-electron chi connectivity index (χ1n) is 4.33. The smallest absolute Gasteiger partial charge is 0.198 e. The lowest BCUT2D eigenvalue weighted by Gasteiger charge is -1.93. The molecular weight excluding hydrogens is 161 g/mol. The van der Waals surface area contributed by atoms with Gasteiger partial charge in [0, 0.05) is 5.92 Å². The molecule has 0 N–H and O–H groups in total. The van der Waals surface area contributed by atoms with E-state index >= 15 is 0 Å². The van der Waals surface area contributed by atoms with E-state index in [1.807, 2.05) is 32.0 Å². The zero-order valence-electron chi connectivity index (χ0n) is 7.74. The van der Waals surface area contributed by atoms with Gasteiger partial charge in [0.15, 0.2) is 11.5 Å². The summed E-state index contributed by atoms with van der Waals surface area (Å²) in [7, 11) is 5.63. The highest BCUT2D eigenvalue weighted by molar-refractivity contribution is 6.33. The molecule has 13 heavy (non-hydrogen) atoms. The minimum Gasteiger partial charge on any atom is -0.440 e. The van der Waals surface area contributed by atoms with E-state index in [0.29, 0.717) is 5.92 Å². The van der Waals surface area contributed by atoms with E-state index in [4.69, 9.17) is 12.3 Å². The van der Waals surface area contributed by atoms with Crippen LogP contribution in [0.15, 0.2) is 22.6 Å². The summed E-state index contributed by atoms with van der Waals surface area (Å²) >= 11 is 0. The summed E-state index contributed by atoms with van der Waals surface area (Å²) in [4.78, 5) is 4.33. The molecule has 0 fully saturated rings. The maximum atomic E-state index is 5.63. The second kappa shape index (κ2) is 2.91. The summed E-state index contributed by atoms with van der Waals surface area (Å²) in [6.45, 7) is 4.10. The van der Waals surface area contributed by atoms with E-state index in [9.17, 15) is 0 Å². The van der Waals surface area contributed by atoms with Crippen molar-refractivity contribution in [3.8, 4) is 0 Å². The molecular formula is C10H10BNO. The van der Waals surface area contributed by atoms with Crippen molar-refractivity contribution >= 4 is 24.4 Å². The monoisotopic (exact) mass is 171 g/mol. The molecule has 0 atom stereocenters. The maximum absolute atomic E-state index is 5.63. The van der Waals surface area contributed by atoms with Gasteiger partial charge < -0.3 is 4.42 Å². The molecule has 0 aliphatic carbocycles. The third kappa shape index (κ3) is 1.46. The number of aromatic nitrogens is 1. The van der Waals surface area contributed by atoms with Gasteiger partial charge in [-0.2, -0.15) is 0 Å². The van der Waals surface area contributed by atoms with Gasteiger partial charge in [-0.25, -0.2) is 4.98 Å². The Hall–Kier alpha value is -1.25. The molecule has 0 saturated heterocycles. The van der Waals surface area contributed by atoms with Crippen LogP contribution in [0.2, 0.25) is 0 Å². The number of oxazole rings is 1. The van der Waals surface area contributed by atoms with E-state index in [-0.39, 0.29) is 0 Å². The molecule has 0 bridgehead atoms. The fourth-order valence-corrected chi connectivity index (χ4v) is 1.21. The SMILES string of the molecule is [B]c1ccc2oc(C(C)C)nc2c1. The molecule has 1 aromatic heterocycles. The summed E-state index contributed by atoms with van der Waals surface area (Å²) < 4.78 is 5.52. The highest BCUT2D eigenvalue weighted by atomic mass is 16.3. The van der Waals surface area contributed by atoms with Gasteiger partial charge in [-0.1, -0.05) is 25.4 Å². The first-order chi connectivity index (χ1) is 6.16. The molecule has 0 aliphatic rings. The molecule has 3 heteroatoms. The maximum Gasteiger partial charge on any atom is 0.198 e. The summed E-state index contributed by atoms with van der Waals surface area (Å²) in [5.74, 6) is 1.08. The summed E-state index contributed by atoms with van der Waals surface area (Å²) in [5.41, 5.74) is 2.36. The predicted molar refractivity (Wildman–Crippen MR) is 53.5 cm³/mol. The topological polar surface area (TPSA) is 26.0 Å². The zero-order valence-corrected chi connectivity index (χ0v) is 7.74. The average Bonchev–Trinajstić information content (AvgIpc) is 2.46. The van der Waals surface area contributed by atoms with Crippen LogP contribution in [0.1, 0.15) is 25.7 Å². The minimum absolute atomic E-state index is 0.314. The Morgan fingerprint density at radius 1 is 1.38 bits per heavy atom. The Bertz CT molecular complexity index is 433. The molecule has 1 aromatic carbocycles. The Kier molecular flexibility index (Phi) is 1.87. The molecule has 2 aromatic rings. The predicted octanol–water partition coefficient (Wildman–Crippen LogP) is 1.75. The van der Waals surface area contributed by atoms with E-state index in [1.54, 1.807) is 0 Å². The van der Waals surface area contributed by atoms with Gasteiger partial charge in [-0.05, 0) is 12.1 Å². The molecule has 0 amide bonds. The molecule has 2 rings (SSSR count). The second-order valence-corrected chi connectivity index (χ2v) is 3.43. The summed E-state index contributed by atoms with van der Waals surface area (Å²) in [6, 6.07) is 5.49. The van der Waals surface area contributed by atoms with Crippen molar-refractivity contribution < 1.29 is 4.42 Å². The molecule has 0 aliphatic heterocycles. The number of rotatable bonds is 1. The van der Waals surface area contributed by atoms with Gasteiger partial charge in [-0.3, -0.25) is 0 Å². The van der Waals surface area contributed by atoms with Gasteiger partial charge in [0.25, 0.3) is 0 Å². The van der Waals surface area contributed by atoms with Gasteiger partial charge in [0.1, 0.15) is 13.4 Å². The Morgan fingerprint density at radius 3 is 2.85 bits per heavy atom. The first kappa shape index (κ1) is 8.36. The largest absolute Gasteiger partial charge is 0.440 e. The third-order valence-electron chi connectivity index (χ3n) is 1.92.